The van der Waals surface area contributed by atoms with Gasteiger partial charge in [0, 0.05) is 24.0 Å². The molecule has 0 aliphatic rings. The van der Waals surface area contributed by atoms with Crippen LogP contribution in [-0.2, 0) is 6.54 Å². The molecule has 100 valence electrons. The average molecular weight is 269 g/mol. The minimum Gasteiger partial charge on any atom is -0.378 e. The van der Waals surface area contributed by atoms with Gasteiger partial charge in [-0.2, -0.15) is 0 Å². The summed E-state index contributed by atoms with van der Waals surface area (Å²) in [5, 5.41) is 21.9. The van der Waals surface area contributed by atoms with Gasteiger partial charge < -0.3 is 5.32 Å². The zero-order valence-corrected chi connectivity index (χ0v) is 10.4. The zero-order chi connectivity index (χ0) is 13.9. The van der Waals surface area contributed by atoms with Crippen LogP contribution in [-0.4, -0.2) is 19.5 Å². The van der Waals surface area contributed by atoms with Crippen molar-refractivity contribution in [2.24, 2.45) is 0 Å². The van der Waals surface area contributed by atoms with E-state index in [-0.39, 0.29) is 5.69 Å². The van der Waals surface area contributed by atoms with Crippen molar-refractivity contribution in [3.8, 4) is 0 Å². The zero-order valence-electron chi connectivity index (χ0n) is 10.4. The van der Waals surface area contributed by atoms with E-state index in [1.807, 2.05) is 28.8 Å². The Balaban J connectivity index is 1.74. The maximum absolute atomic E-state index is 10.6. The Morgan fingerprint density at radius 3 is 2.70 bits per heavy atom. The Bertz CT molecular complexity index is 751. The summed E-state index contributed by atoms with van der Waals surface area (Å²) in [5.41, 5.74) is 1.65. The lowest BCUT2D eigenvalue weighted by Crippen LogP contribution is -2.04. The van der Waals surface area contributed by atoms with Crippen LogP contribution < -0.4 is 5.32 Å². The summed E-state index contributed by atoms with van der Waals surface area (Å²) in [5.74, 6) is 0.777. The highest BCUT2D eigenvalue weighted by Gasteiger charge is 2.06. The number of nitro groups is 1. The normalized spacial score (nSPS) is 10.6. The third-order valence-corrected chi connectivity index (χ3v) is 2.91. The summed E-state index contributed by atoms with van der Waals surface area (Å²) in [6.07, 6.45) is 1.89. The van der Waals surface area contributed by atoms with Crippen molar-refractivity contribution < 1.29 is 4.92 Å². The lowest BCUT2D eigenvalue weighted by molar-refractivity contribution is -0.384. The van der Waals surface area contributed by atoms with Gasteiger partial charge in [0.2, 0.25) is 0 Å². The molecule has 3 rings (SSSR count). The molecular weight excluding hydrogens is 258 g/mol. The fourth-order valence-electron chi connectivity index (χ4n) is 1.89. The van der Waals surface area contributed by atoms with E-state index in [0.29, 0.717) is 6.54 Å². The number of aromatic nitrogens is 3. The fraction of sp³-hybridized carbons (Fsp3) is 0.0769. The standard InChI is InChI=1S/C13H11N5O2/c19-18(20)11-6-4-10(5-7-11)14-9-13-16-15-12-3-1-2-8-17(12)13/h1-8,14H,9H2. The average Bonchev–Trinajstić information content (AvgIpc) is 2.89. The van der Waals surface area contributed by atoms with Crippen LogP contribution in [0.3, 0.4) is 0 Å². The van der Waals surface area contributed by atoms with Crippen LogP contribution in [0.15, 0.2) is 48.7 Å². The molecule has 0 amide bonds. The molecule has 0 spiro atoms. The Labute approximate surface area is 114 Å². The van der Waals surface area contributed by atoms with E-state index in [2.05, 4.69) is 15.5 Å². The van der Waals surface area contributed by atoms with Gasteiger partial charge in [-0.15, -0.1) is 10.2 Å². The number of hydrogen-bond acceptors (Lipinski definition) is 5. The molecule has 0 unspecified atom stereocenters. The van der Waals surface area contributed by atoms with Crippen LogP contribution in [0, 0.1) is 10.1 Å². The van der Waals surface area contributed by atoms with E-state index in [4.69, 9.17) is 0 Å². The van der Waals surface area contributed by atoms with Crippen LogP contribution in [0.25, 0.3) is 5.65 Å². The Morgan fingerprint density at radius 2 is 1.95 bits per heavy atom. The molecule has 0 aliphatic carbocycles. The number of rotatable bonds is 4. The monoisotopic (exact) mass is 269 g/mol. The van der Waals surface area contributed by atoms with Gasteiger partial charge in [-0.1, -0.05) is 6.07 Å². The summed E-state index contributed by atoms with van der Waals surface area (Å²) in [7, 11) is 0. The van der Waals surface area contributed by atoms with E-state index in [9.17, 15) is 10.1 Å². The number of pyridine rings is 1. The topological polar surface area (TPSA) is 85.4 Å². The lowest BCUT2D eigenvalue weighted by atomic mass is 10.3. The maximum Gasteiger partial charge on any atom is 0.269 e. The van der Waals surface area contributed by atoms with E-state index in [1.165, 1.54) is 12.1 Å². The van der Waals surface area contributed by atoms with Gasteiger partial charge in [0.25, 0.3) is 5.69 Å². The van der Waals surface area contributed by atoms with Crippen LogP contribution in [0.1, 0.15) is 5.82 Å². The van der Waals surface area contributed by atoms with Crippen LogP contribution in [0.2, 0.25) is 0 Å². The van der Waals surface area contributed by atoms with Crippen molar-refractivity contribution in [3.63, 3.8) is 0 Å². The van der Waals surface area contributed by atoms with Gasteiger partial charge in [-0.25, -0.2) is 0 Å². The Hall–Kier alpha value is -2.96. The Morgan fingerprint density at radius 1 is 1.15 bits per heavy atom. The van der Waals surface area contributed by atoms with E-state index < -0.39 is 4.92 Å². The largest absolute Gasteiger partial charge is 0.378 e. The third-order valence-electron chi connectivity index (χ3n) is 2.91. The van der Waals surface area contributed by atoms with Crippen molar-refractivity contribution in [3.05, 3.63) is 64.6 Å². The van der Waals surface area contributed by atoms with Crippen LogP contribution >= 0.6 is 0 Å². The molecule has 2 aromatic heterocycles. The lowest BCUT2D eigenvalue weighted by Gasteiger charge is -2.04. The number of fused-ring (bicyclic) bond motifs is 1. The molecule has 0 bridgehead atoms. The quantitative estimate of drug-likeness (QED) is 0.580. The molecule has 0 saturated carbocycles. The van der Waals surface area contributed by atoms with Crippen LogP contribution in [0.4, 0.5) is 11.4 Å². The number of benzene rings is 1. The van der Waals surface area contributed by atoms with E-state index in [1.54, 1.807) is 12.1 Å². The highest BCUT2D eigenvalue weighted by molar-refractivity contribution is 5.48. The first-order valence-corrected chi connectivity index (χ1v) is 6.01. The number of nitrogens with one attached hydrogen (secondary N) is 1. The van der Waals surface area contributed by atoms with Gasteiger partial charge in [0.15, 0.2) is 11.5 Å². The van der Waals surface area contributed by atoms with Crippen molar-refractivity contribution in [1.82, 2.24) is 14.6 Å². The molecule has 0 radical (unpaired) electrons. The second-order valence-corrected chi connectivity index (χ2v) is 4.20. The molecule has 7 nitrogen and oxygen atoms in total. The molecule has 7 heteroatoms. The van der Waals surface area contributed by atoms with Gasteiger partial charge in [-0.05, 0) is 24.3 Å². The molecule has 0 atom stereocenters. The molecule has 1 N–H and O–H groups in total. The molecule has 0 fully saturated rings. The summed E-state index contributed by atoms with van der Waals surface area (Å²) in [6.45, 7) is 0.489. The van der Waals surface area contributed by atoms with Crippen molar-refractivity contribution >= 4 is 17.0 Å². The number of nitro benzene ring substituents is 1. The molecule has 3 aromatic rings. The molecule has 20 heavy (non-hydrogen) atoms. The molecule has 2 heterocycles. The molecule has 0 aliphatic heterocycles. The molecular formula is C13H11N5O2. The highest BCUT2D eigenvalue weighted by atomic mass is 16.6. The maximum atomic E-state index is 10.6. The van der Waals surface area contributed by atoms with Crippen molar-refractivity contribution in [2.75, 3.05) is 5.32 Å². The number of anilines is 1. The number of non-ortho nitro benzene ring substituents is 1. The second kappa shape index (κ2) is 4.96. The summed E-state index contributed by atoms with van der Waals surface area (Å²) < 4.78 is 1.89. The molecule has 0 saturated heterocycles. The van der Waals surface area contributed by atoms with Crippen molar-refractivity contribution in [1.29, 1.82) is 0 Å². The van der Waals surface area contributed by atoms with Crippen LogP contribution in [0.5, 0.6) is 0 Å². The predicted octanol–water partition coefficient (Wildman–Crippen LogP) is 2.25. The van der Waals surface area contributed by atoms with Gasteiger partial charge in [0.05, 0.1) is 11.5 Å². The van der Waals surface area contributed by atoms with Gasteiger partial charge in [0.1, 0.15) is 0 Å². The third kappa shape index (κ3) is 2.28. The number of nitrogens with zero attached hydrogens (tertiary/aromatic N) is 4. The predicted molar refractivity (Wildman–Crippen MR) is 73.4 cm³/mol. The molecule has 1 aromatic carbocycles. The first kappa shape index (κ1) is 12.1. The second-order valence-electron chi connectivity index (χ2n) is 4.20. The van der Waals surface area contributed by atoms with Gasteiger partial charge >= 0.3 is 0 Å². The number of hydrogen-bond donors (Lipinski definition) is 1. The SMILES string of the molecule is O=[N+]([O-])c1ccc(NCc2nnc3ccccn23)cc1. The first-order chi connectivity index (χ1) is 9.74. The van der Waals surface area contributed by atoms with E-state index >= 15 is 0 Å². The summed E-state index contributed by atoms with van der Waals surface area (Å²) in [6, 6.07) is 11.9. The Kier molecular flexibility index (Phi) is 3.00. The highest BCUT2D eigenvalue weighted by Crippen LogP contribution is 2.16. The van der Waals surface area contributed by atoms with Gasteiger partial charge in [-0.3, -0.25) is 14.5 Å². The minimum absolute atomic E-state index is 0.0727. The summed E-state index contributed by atoms with van der Waals surface area (Å²) >= 11 is 0. The van der Waals surface area contributed by atoms with E-state index in [0.717, 1.165) is 17.2 Å². The summed E-state index contributed by atoms with van der Waals surface area (Å²) in [4.78, 5) is 10.1. The minimum atomic E-state index is -0.421. The first-order valence-electron chi connectivity index (χ1n) is 6.01. The van der Waals surface area contributed by atoms with Crippen molar-refractivity contribution in [2.45, 2.75) is 6.54 Å². The smallest absolute Gasteiger partial charge is 0.269 e. The fourth-order valence-corrected chi connectivity index (χ4v) is 1.89.